The maximum atomic E-state index is 12.4. The summed E-state index contributed by atoms with van der Waals surface area (Å²) in [6, 6.07) is 1.68. The second-order valence-corrected chi connectivity index (χ2v) is 9.21. The number of hydrogen-bond donors (Lipinski definition) is 0. The zero-order valence-corrected chi connectivity index (χ0v) is 13.3. The van der Waals surface area contributed by atoms with Gasteiger partial charge in [0.05, 0.1) is 8.68 Å². The van der Waals surface area contributed by atoms with Gasteiger partial charge in [0.2, 0.25) is 10.0 Å². The Labute approximate surface area is 119 Å². The Hall–Kier alpha value is 0.380. The van der Waals surface area contributed by atoms with E-state index in [1.54, 1.807) is 6.07 Å². The normalized spacial score (nSPS) is 19.7. The molecule has 96 valence electrons. The molecule has 2 rings (SSSR count). The number of piperidine rings is 1. The van der Waals surface area contributed by atoms with Crippen LogP contribution in [0.3, 0.4) is 0 Å². The van der Waals surface area contributed by atoms with Gasteiger partial charge in [-0.2, -0.15) is 4.31 Å². The van der Waals surface area contributed by atoms with Crippen LogP contribution in [0.25, 0.3) is 0 Å². The fraction of sp³-hybridized carbons (Fsp3) is 0.600. The van der Waals surface area contributed by atoms with Gasteiger partial charge in [0, 0.05) is 23.3 Å². The van der Waals surface area contributed by atoms with Crippen LogP contribution < -0.4 is 0 Å². The quantitative estimate of drug-likeness (QED) is 0.761. The molecule has 0 unspecified atom stereocenters. The van der Waals surface area contributed by atoms with E-state index in [9.17, 15) is 8.42 Å². The third-order valence-corrected chi connectivity index (χ3v) is 6.99. The summed E-state index contributed by atoms with van der Waals surface area (Å²) in [7, 11) is -3.34. The van der Waals surface area contributed by atoms with Crippen LogP contribution in [0.4, 0.5) is 0 Å². The van der Waals surface area contributed by atoms with E-state index in [0.29, 0.717) is 18.0 Å². The van der Waals surface area contributed by atoms with Crippen molar-refractivity contribution in [2.45, 2.75) is 30.0 Å². The fourth-order valence-corrected chi connectivity index (χ4v) is 5.94. The number of rotatable bonds is 2. The predicted octanol–water partition coefficient (Wildman–Crippen LogP) is 3.21. The van der Waals surface area contributed by atoms with Gasteiger partial charge in [-0.15, -0.1) is 22.9 Å². The third kappa shape index (κ3) is 2.87. The summed E-state index contributed by atoms with van der Waals surface area (Å²) in [6.45, 7) is 2.86. The van der Waals surface area contributed by atoms with Crippen LogP contribution in [0.15, 0.2) is 14.7 Å². The van der Waals surface area contributed by atoms with Gasteiger partial charge in [-0.05, 0) is 41.8 Å². The molecular formula is C10H13BrClNO2S2. The van der Waals surface area contributed by atoms with Gasteiger partial charge in [0.1, 0.15) is 0 Å². The first-order valence-corrected chi connectivity index (χ1v) is 8.80. The van der Waals surface area contributed by atoms with E-state index >= 15 is 0 Å². The standard InChI is InChI=1S/C10H13BrClNO2S2/c1-7-9(6-10(11)16-7)17(14,15)13-4-2-8(12)3-5-13/h6,8H,2-5H2,1H3. The molecule has 3 nitrogen and oxygen atoms in total. The number of halogens is 2. The van der Waals surface area contributed by atoms with Crippen molar-refractivity contribution in [1.82, 2.24) is 4.31 Å². The Morgan fingerprint density at radius 3 is 2.53 bits per heavy atom. The van der Waals surface area contributed by atoms with Gasteiger partial charge >= 0.3 is 0 Å². The molecular weight excluding hydrogens is 346 g/mol. The summed E-state index contributed by atoms with van der Waals surface area (Å²) in [6.07, 6.45) is 1.45. The lowest BCUT2D eigenvalue weighted by Gasteiger charge is -2.28. The summed E-state index contributed by atoms with van der Waals surface area (Å²) in [5.74, 6) is 0. The lowest BCUT2D eigenvalue weighted by Crippen LogP contribution is -2.38. The molecule has 0 spiro atoms. The van der Waals surface area contributed by atoms with Crippen LogP contribution in [0.2, 0.25) is 0 Å². The molecule has 0 radical (unpaired) electrons. The highest BCUT2D eigenvalue weighted by molar-refractivity contribution is 9.11. The second-order valence-electron chi connectivity index (χ2n) is 4.05. The van der Waals surface area contributed by atoms with Gasteiger partial charge in [-0.25, -0.2) is 8.42 Å². The molecule has 0 saturated carbocycles. The van der Waals surface area contributed by atoms with Crippen molar-refractivity contribution in [2.24, 2.45) is 0 Å². The number of hydrogen-bond acceptors (Lipinski definition) is 3. The molecule has 0 aliphatic carbocycles. The van der Waals surface area contributed by atoms with Gasteiger partial charge in [0.15, 0.2) is 0 Å². The van der Waals surface area contributed by atoms with Crippen molar-refractivity contribution in [1.29, 1.82) is 0 Å². The smallest absolute Gasteiger partial charge is 0.207 e. The van der Waals surface area contributed by atoms with E-state index < -0.39 is 10.0 Å². The molecule has 2 heterocycles. The zero-order valence-electron chi connectivity index (χ0n) is 9.32. The van der Waals surface area contributed by atoms with E-state index in [4.69, 9.17) is 11.6 Å². The van der Waals surface area contributed by atoms with Crippen LogP contribution in [-0.4, -0.2) is 31.2 Å². The Morgan fingerprint density at radius 1 is 1.47 bits per heavy atom. The number of nitrogens with zero attached hydrogens (tertiary/aromatic N) is 1. The highest BCUT2D eigenvalue weighted by Crippen LogP contribution is 2.32. The highest BCUT2D eigenvalue weighted by atomic mass is 79.9. The molecule has 0 bridgehead atoms. The van der Waals surface area contributed by atoms with Crippen molar-refractivity contribution in [3.8, 4) is 0 Å². The van der Waals surface area contributed by atoms with E-state index in [2.05, 4.69) is 15.9 Å². The fourth-order valence-electron chi connectivity index (χ4n) is 1.89. The molecule has 1 aliphatic heterocycles. The van der Waals surface area contributed by atoms with Gasteiger partial charge in [-0.3, -0.25) is 0 Å². The van der Waals surface area contributed by atoms with Gasteiger partial charge in [-0.1, -0.05) is 0 Å². The van der Waals surface area contributed by atoms with Crippen molar-refractivity contribution in [3.63, 3.8) is 0 Å². The maximum absolute atomic E-state index is 12.4. The average Bonchev–Trinajstić information content (AvgIpc) is 2.59. The first-order valence-electron chi connectivity index (χ1n) is 5.31. The van der Waals surface area contributed by atoms with Crippen LogP contribution in [-0.2, 0) is 10.0 Å². The number of sulfonamides is 1. The van der Waals surface area contributed by atoms with Crippen LogP contribution >= 0.6 is 38.9 Å². The Morgan fingerprint density at radius 2 is 2.06 bits per heavy atom. The molecule has 1 aromatic heterocycles. The predicted molar refractivity (Wildman–Crippen MR) is 74.4 cm³/mol. The lowest BCUT2D eigenvalue weighted by atomic mass is 10.2. The van der Waals surface area contributed by atoms with E-state index in [1.165, 1.54) is 15.6 Å². The summed E-state index contributed by atoms with van der Waals surface area (Å²) >= 11 is 10.8. The maximum Gasteiger partial charge on any atom is 0.244 e. The Balaban J connectivity index is 2.28. The lowest BCUT2D eigenvalue weighted by molar-refractivity contribution is 0.350. The minimum Gasteiger partial charge on any atom is -0.207 e. The Kier molecular flexibility index (Phi) is 4.20. The second kappa shape index (κ2) is 5.17. The first-order chi connectivity index (χ1) is 7.91. The zero-order chi connectivity index (χ0) is 12.6. The van der Waals surface area contributed by atoms with E-state index in [1.807, 2.05) is 6.92 Å². The van der Waals surface area contributed by atoms with Crippen molar-refractivity contribution in [2.75, 3.05) is 13.1 Å². The number of thiophene rings is 1. The van der Waals surface area contributed by atoms with Gasteiger partial charge in [0.25, 0.3) is 0 Å². The van der Waals surface area contributed by atoms with Crippen molar-refractivity contribution >= 4 is 48.9 Å². The van der Waals surface area contributed by atoms with E-state index in [-0.39, 0.29) is 5.38 Å². The first kappa shape index (κ1) is 13.8. The van der Waals surface area contributed by atoms with E-state index in [0.717, 1.165) is 21.5 Å². The largest absolute Gasteiger partial charge is 0.244 e. The highest BCUT2D eigenvalue weighted by Gasteiger charge is 2.30. The molecule has 7 heteroatoms. The molecule has 1 fully saturated rings. The van der Waals surface area contributed by atoms with Crippen LogP contribution in [0.5, 0.6) is 0 Å². The summed E-state index contributed by atoms with van der Waals surface area (Å²) in [5, 5.41) is 0.108. The number of aryl methyl sites for hydroxylation is 1. The van der Waals surface area contributed by atoms with Crippen LogP contribution in [0, 0.1) is 6.92 Å². The SMILES string of the molecule is Cc1sc(Br)cc1S(=O)(=O)N1CCC(Cl)CC1. The Bertz CT molecular complexity index is 506. The topological polar surface area (TPSA) is 37.4 Å². The van der Waals surface area contributed by atoms with Crippen LogP contribution in [0.1, 0.15) is 17.7 Å². The van der Waals surface area contributed by atoms with Crippen molar-refractivity contribution < 1.29 is 8.42 Å². The summed E-state index contributed by atoms with van der Waals surface area (Å²) < 4.78 is 27.2. The third-order valence-electron chi connectivity index (χ3n) is 2.84. The average molecular weight is 359 g/mol. The molecule has 1 saturated heterocycles. The minimum absolute atomic E-state index is 0.108. The minimum atomic E-state index is -3.34. The molecule has 0 N–H and O–H groups in total. The molecule has 17 heavy (non-hydrogen) atoms. The summed E-state index contributed by atoms with van der Waals surface area (Å²) in [4.78, 5) is 1.24. The summed E-state index contributed by atoms with van der Waals surface area (Å²) in [5.41, 5.74) is 0. The molecule has 1 aromatic rings. The molecule has 0 atom stereocenters. The molecule has 1 aliphatic rings. The molecule has 0 aromatic carbocycles. The molecule has 0 amide bonds. The van der Waals surface area contributed by atoms with Crippen molar-refractivity contribution in [3.05, 3.63) is 14.7 Å². The van der Waals surface area contributed by atoms with Gasteiger partial charge < -0.3 is 0 Å². The monoisotopic (exact) mass is 357 g/mol. The number of alkyl halides is 1.